The lowest BCUT2D eigenvalue weighted by Crippen LogP contribution is -2.17. The van der Waals surface area contributed by atoms with Gasteiger partial charge in [-0.25, -0.2) is 4.39 Å². The van der Waals surface area contributed by atoms with Crippen molar-refractivity contribution in [3.8, 4) is 16.9 Å². The van der Waals surface area contributed by atoms with Crippen LogP contribution in [0.15, 0.2) is 42.5 Å². The fourth-order valence-electron chi connectivity index (χ4n) is 1.73. The van der Waals surface area contributed by atoms with Crippen LogP contribution >= 0.6 is 15.9 Å². The van der Waals surface area contributed by atoms with Crippen molar-refractivity contribution in [1.82, 2.24) is 0 Å². The molecule has 1 nitrogen and oxygen atoms in total. The number of halogens is 5. The van der Waals surface area contributed by atoms with Crippen LogP contribution in [0.4, 0.5) is 17.6 Å². The zero-order valence-corrected chi connectivity index (χ0v) is 11.6. The summed E-state index contributed by atoms with van der Waals surface area (Å²) in [7, 11) is 0. The van der Waals surface area contributed by atoms with Crippen molar-refractivity contribution < 1.29 is 22.3 Å². The Hall–Kier alpha value is -1.56. The number of benzene rings is 2. The van der Waals surface area contributed by atoms with Crippen molar-refractivity contribution in [1.29, 1.82) is 0 Å². The Bertz CT molecular complexity index is 610. The lowest BCUT2D eigenvalue weighted by molar-refractivity contribution is -0.274. The van der Waals surface area contributed by atoms with E-state index in [0.29, 0.717) is 22.0 Å². The molecule has 6 heteroatoms. The summed E-state index contributed by atoms with van der Waals surface area (Å²) >= 11 is 3.16. The summed E-state index contributed by atoms with van der Waals surface area (Å²) in [5.41, 5.74) is 1.58. The van der Waals surface area contributed by atoms with Crippen LogP contribution in [0.5, 0.6) is 5.75 Å². The molecule has 2 aromatic carbocycles. The van der Waals surface area contributed by atoms with Crippen molar-refractivity contribution in [2.45, 2.75) is 11.7 Å². The van der Waals surface area contributed by atoms with Gasteiger partial charge >= 0.3 is 6.36 Å². The fourth-order valence-corrected chi connectivity index (χ4v) is 2.16. The molecule has 2 aromatic rings. The predicted octanol–water partition coefficient (Wildman–Crippen LogP) is 5.29. The number of rotatable bonds is 3. The number of ether oxygens (including phenoxy) is 1. The van der Waals surface area contributed by atoms with Crippen molar-refractivity contribution in [3.63, 3.8) is 0 Å². The first-order chi connectivity index (χ1) is 9.39. The van der Waals surface area contributed by atoms with E-state index in [4.69, 9.17) is 0 Å². The van der Waals surface area contributed by atoms with Crippen molar-refractivity contribution in [3.05, 3.63) is 53.8 Å². The van der Waals surface area contributed by atoms with Crippen molar-refractivity contribution in [2.24, 2.45) is 0 Å². The second-order valence-corrected chi connectivity index (χ2v) is 4.58. The van der Waals surface area contributed by atoms with E-state index in [1.807, 2.05) is 0 Å². The topological polar surface area (TPSA) is 9.23 Å². The van der Waals surface area contributed by atoms with Gasteiger partial charge in [-0.05, 0) is 41.0 Å². The monoisotopic (exact) mass is 348 g/mol. The fraction of sp³-hybridized carbons (Fsp3) is 0.143. The number of alkyl halides is 4. The molecule has 0 bridgehead atoms. The standard InChI is InChI=1S/C14H9BrF4O/c15-8-11-6-10(4-5-13(11)16)9-2-1-3-12(7-9)20-14(17,18)19/h1-7H,8H2. The Balaban J connectivity index is 2.36. The van der Waals surface area contributed by atoms with Crippen LogP contribution in [-0.2, 0) is 5.33 Å². The summed E-state index contributed by atoms with van der Waals surface area (Å²) < 4.78 is 53.8. The molecular weight excluding hydrogens is 340 g/mol. The van der Waals surface area contributed by atoms with Gasteiger partial charge in [-0.2, -0.15) is 0 Å². The first kappa shape index (κ1) is 14.8. The molecule has 2 rings (SSSR count). The molecule has 0 fully saturated rings. The van der Waals surface area contributed by atoms with Crippen molar-refractivity contribution in [2.75, 3.05) is 0 Å². The first-order valence-electron chi connectivity index (χ1n) is 5.59. The van der Waals surface area contributed by atoms with Crippen molar-refractivity contribution >= 4 is 15.9 Å². The molecule has 106 valence electrons. The molecule has 0 saturated carbocycles. The van der Waals surface area contributed by atoms with Crippen LogP contribution in [-0.4, -0.2) is 6.36 Å². The molecule has 0 aliphatic heterocycles. The SMILES string of the molecule is Fc1ccc(-c2cccc(OC(F)(F)F)c2)cc1CBr. The maximum atomic E-state index is 13.4. The highest BCUT2D eigenvalue weighted by Gasteiger charge is 2.31. The van der Waals surface area contributed by atoms with E-state index >= 15 is 0 Å². The van der Waals surface area contributed by atoms with Gasteiger partial charge in [-0.1, -0.05) is 34.1 Å². The van der Waals surface area contributed by atoms with Gasteiger partial charge < -0.3 is 4.74 Å². The Kier molecular flexibility index (Phi) is 4.32. The van der Waals surface area contributed by atoms with Gasteiger partial charge in [0, 0.05) is 5.33 Å². The van der Waals surface area contributed by atoms with Crippen LogP contribution in [0.2, 0.25) is 0 Å². The molecule has 0 aliphatic carbocycles. The largest absolute Gasteiger partial charge is 0.573 e. The minimum atomic E-state index is -4.73. The highest BCUT2D eigenvalue weighted by molar-refractivity contribution is 9.08. The van der Waals surface area contributed by atoms with E-state index < -0.39 is 6.36 Å². The van der Waals surface area contributed by atoms with Gasteiger partial charge in [0.25, 0.3) is 0 Å². The normalized spacial score (nSPS) is 11.4. The molecule has 0 radical (unpaired) electrons. The van der Waals surface area contributed by atoms with Gasteiger partial charge in [-0.15, -0.1) is 13.2 Å². The summed E-state index contributed by atoms with van der Waals surface area (Å²) in [4.78, 5) is 0. The zero-order chi connectivity index (χ0) is 14.8. The highest BCUT2D eigenvalue weighted by Crippen LogP contribution is 2.29. The van der Waals surface area contributed by atoms with Gasteiger partial charge in [0.05, 0.1) is 0 Å². The van der Waals surface area contributed by atoms with E-state index in [0.717, 1.165) is 0 Å². The predicted molar refractivity (Wildman–Crippen MR) is 71.2 cm³/mol. The lowest BCUT2D eigenvalue weighted by Gasteiger charge is -2.10. The molecule has 0 heterocycles. The number of hydrogen-bond acceptors (Lipinski definition) is 1. The van der Waals surface area contributed by atoms with E-state index in [1.165, 1.54) is 30.3 Å². The van der Waals surface area contributed by atoms with Gasteiger partial charge in [-0.3, -0.25) is 0 Å². The van der Waals surface area contributed by atoms with Crippen LogP contribution in [0.1, 0.15) is 5.56 Å². The highest BCUT2D eigenvalue weighted by atomic mass is 79.9. The van der Waals surface area contributed by atoms with E-state index in [9.17, 15) is 17.6 Å². The molecule has 0 atom stereocenters. The quantitative estimate of drug-likeness (QED) is 0.541. The van der Waals surface area contributed by atoms with Gasteiger partial charge in [0.1, 0.15) is 11.6 Å². The minimum Gasteiger partial charge on any atom is -0.406 e. The molecule has 0 saturated heterocycles. The van der Waals surface area contributed by atoms with Gasteiger partial charge in [0.15, 0.2) is 0 Å². The van der Waals surface area contributed by atoms with Crippen LogP contribution < -0.4 is 4.74 Å². The second-order valence-electron chi connectivity index (χ2n) is 4.02. The Morgan fingerprint density at radius 2 is 1.70 bits per heavy atom. The molecule has 20 heavy (non-hydrogen) atoms. The van der Waals surface area contributed by atoms with Gasteiger partial charge in [0.2, 0.25) is 0 Å². The Labute approximate surface area is 121 Å². The second kappa shape index (κ2) is 5.83. The van der Waals surface area contributed by atoms with Crippen LogP contribution in [0.25, 0.3) is 11.1 Å². The minimum absolute atomic E-state index is 0.306. The Morgan fingerprint density at radius 3 is 2.35 bits per heavy atom. The Morgan fingerprint density at radius 1 is 1.00 bits per heavy atom. The zero-order valence-electron chi connectivity index (χ0n) is 10.0. The van der Waals surface area contributed by atoms with E-state index in [2.05, 4.69) is 20.7 Å². The van der Waals surface area contributed by atoms with E-state index in [1.54, 1.807) is 12.1 Å². The van der Waals surface area contributed by atoms with Crippen LogP contribution in [0, 0.1) is 5.82 Å². The third-order valence-corrected chi connectivity index (χ3v) is 3.19. The van der Waals surface area contributed by atoms with E-state index in [-0.39, 0.29) is 11.6 Å². The summed E-state index contributed by atoms with van der Waals surface area (Å²) in [5, 5.41) is 0.325. The summed E-state index contributed by atoms with van der Waals surface area (Å²) in [5.74, 6) is -0.673. The summed E-state index contributed by atoms with van der Waals surface area (Å²) in [6.45, 7) is 0. The lowest BCUT2D eigenvalue weighted by atomic mass is 10.0. The molecular formula is C14H9BrF4O. The maximum absolute atomic E-state index is 13.4. The number of hydrogen-bond donors (Lipinski definition) is 0. The third kappa shape index (κ3) is 3.72. The average molecular weight is 349 g/mol. The smallest absolute Gasteiger partial charge is 0.406 e. The maximum Gasteiger partial charge on any atom is 0.573 e. The molecule has 0 unspecified atom stereocenters. The molecule has 0 amide bonds. The molecule has 0 aliphatic rings. The summed E-state index contributed by atoms with van der Waals surface area (Å²) in [6.07, 6.45) is -4.73. The molecule has 0 N–H and O–H groups in total. The average Bonchev–Trinajstić information content (AvgIpc) is 2.37. The molecule has 0 aromatic heterocycles. The summed E-state index contributed by atoms with van der Waals surface area (Å²) in [6, 6.07) is 9.93. The molecule has 0 spiro atoms. The first-order valence-corrected chi connectivity index (χ1v) is 6.72. The van der Waals surface area contributed by atoms with Crippen LogP contribution in [0.3, 0.4) is 0 Å². The third-order valence-electron chi connectivity index (χ3n) is 2.59.